The van der Waals surface area contributed by atoms with Crippen molar-refractivity contribution in [2.24, 2.45) is 0 Å². The number of nitrogens with zero attached hydrogens (tertiary/aromatic N) is 5. The van der Waals surface area contributed by atoms with E-state index in [1.807, 2.05) is 12.1 Å². The van der Waals surface area contributed by atoms with E-state index in [0.29, 0.717) is 60.2 Å². The summed E-state index contributed by atoms with van der Waals surface area (Å²) in [7, 11) is 1.45. The molecule has 1 amide bonds. The van der Waals surface area contributed by atoms with Gasteiger partial charge in [0.2, 0.25) is 0 Å². The lowest BCUT2D eigenvalue weighted by molar-refractivity contribution is -0.769. The first-order valence-electron chi connectivity index (χ1n) is 11.8. The maximum Gasteiger partial charge on any atom is 0.294 e. The van der Waals surface area contributed by atoms with E-state index in [-0.39, 0.29) is 11.4 Å². The average Bonchev–Trinajstić information content (AvgIpc) is 3.52. The fourth-order valence-corrected chi connectivity index (χ4v) is 5.38. The standard InChI is InChI=1S/C25H22Cl2N6O5S/c1-37-24-22(25(34)30-31-13-10-17(11-14-31)38-33(35)36)29-32(20-8-6-16(26)15-19(20)27)23(24)21-9-7-18(39-21)5-3-2-4-12-28/h6-9,15,17H,2,4,10-11,13-14H2,1H3,(H,30,34). The summed E-state index contributed by atoms with van der Waals surface area (Å²) in [4.78, 5) is 30.1. The number of carbonyl (C=O) groups excluding carboxylic acids is 1. The zero-order valence-electron chi connectivity index (χ0n) is 20.6. The Morgan fingerprint density at radius 3 is 2.72 bits per heavy atom. The maximum absolute atomic E-state index is 13.4. The highest BCUT2D eigenvalue weighted by atomic mass is 35.5. The SMILES string of the molecule is COc1c(C(=O)NN2CCC(O[N+](=O)[O-])CC2)nn(-c2ccc(Cl)cc2Cl)c1-c1ccc(C#CCCC#N)s1. The molecule has 2 aromatic heterocycles. The molecular formula is C25H22Cl2N6O5S. The van der Waals surface area contributed by atoms with Crippen LogP contribution in [0.5, 0.6) is 5.75 Å². The Bertz CT molecular complexity index is 1480. The Hall–Kier alpha value is -3.81. The number of benzene rings is 1. The minimum atomic E-state index is -0.798. The van der Waals surface area contributed by atoms with Crippen LogP contribution in [-0.2, 0) is 4.84 Å². The van der Waals surface area contributed by atoms with Crippen molar-refractivity contribution in [2.45, 2.75) is 31.8 Å². The molecule has 4 rings (SSSR count). The van der Waals surface area contributed by atoms with E-state index in [2.05, 4.69) is 33.3 Å². The summed E-state index contributed by atoms with van der Waals surface area (Å²) in [5.41, 5.74) is 3.82. The molecule has 0 unspecified atom stereocenters. The van der Waals surface area contributed by atoms with Crippen LogP contribution in [0.2, 0.25) is 10.0 Å². The van der Waals surface area contributed by atoms with Crippen molar-refractivity contribution in [1.82, 2.24) is 20.2 Å². The van der Waals surface area contributed by atoms with E-state index < -0.39 is 17.1 Å². The molecule has 1 saturated heterocycles. The zero-order chi connectivity index (χ0) is 27.9. The number of thiophene rings is 1. The summed E-state index contributed by atoms with van der Waals surface area (Å²) < 4.78 is 7.23. The highest BCUT2D eigenvalue weighted by molar-refractivity contribution is 7.16. The normalized spacial score (nSPS) is 13.7. The first-order chi connectivity index (χ1) is 18.8. The second kappa shape index (κ2) is 12.8. The molecular weight excluding hydrogens is 567 g/mol. The van der Waals surface area contributed by atoms with E-state index >= 15 is 0 Å². The first-order valence-corrected chi connectivity index (χ1v) is 13.3. The quantitative estimate of drug-likeness (QED) is 0.170. The molecule has 11 nitrogen and oxygen atoms in total. The number of halogens is 2. The number of unbranched alkanes of at least 4 members (excludes halogenated alkanes) is 1. The van der Waals surface area contributed by atoms with Gasteiger partial charge < -0.3 is 9.57 Å². The molecule has 0 radical (unpaired) electrons. The summed E-state index contributed by atoms with van der Waals surface area (Å²) >= 11 is 14.0. The highest BCUT2D eigenvalue weighted by Crippen LogP contribution is 2.40. The number of aromatic nitrogens is 2. The third kappa shape index (κ3) is 6.80. The van der Waals surface area contributed by atoms with Crippen molar-refractivity contribution in [3.05, 3.63) is 61.1 Å². The van der Waals surface area contributed by atoms with Crippen molar-refractivity contribution in [2.75, 3.05) is 20.2 Å². The molecule has 0 saturated carbocycles. The van der Waals surface area contributed by atoms with E-state index in [1.54, 1.807) is 23.2 Å². The molecule has 0 spiro atoms. The summed E-state index contributed by atoms with van der Waals surface area (Å²) in [6, 6.07) is 10.7. The van der Waals surface area contributed by atoms with Crippen molar-refractivity contribution >= 4 is 40.4 Å². The van der Waals surface area contributed by atoms with Crippen molar-refractivity contribution < 1.29 is 19.5 Å². The maximum atomic E-state index is 13.4. The van der Waals surface area contributed by atoms with Gasteiger partial charge in [-0.25, -0.2) is 9.69 Å². The van der Waals surface area contributed by atoms with Gasteiger partial charge in [-0.2, -0.15) is 10.4 Å². The second-order valence-electron chi connectivity index (χ2n) is 8.32. The molecule has 202 valence electrons. The number of hydrazine groups is 1. The second-order valence-corrected chi connectivity index (χ2v) is 10.2. The highest BCUT2D eigenvalue weighted by Gasteiger charge is 2.30. The van der Waals surface area contributed by atoms with Gasteiger partial charge in [-0.05, 0) is 43.2 Å². The van der Waals surface area contributed by atoms with Crippen LogP contribution >= 0.6 is 34.5 Å². The fraction of sp³-hybridized carbons (Fsp3) is 0.320. The van der Waals surface area contributed by atoms with E-state index in [4.69, 9.17) is 33.2 Å². The van der Waals surface area contributed by atoms with Crippen molar-refractivity contribution in [3.63, 3.8) is 0 Å². The number of rotatable bonds is 8. The minimum Gasteiger partial charge on any atom is -0.492 e. The molecule has 1 fully saturated rings. The molecule has 1 aliphatic heterocycles. The molecule has 1 aliphatic rings. The van der Waals surface area contributed by atoms with Crippen LogP contribution in [0.25, 0.3) is 16.3 Å². The Morgan fingerprint density at radius 2 is 2.05 bits per heavy atom. The first kappa shape index (κ1) is 28.2. The molecule has 1 aromatic carbocycles. The van der Waals surface area contributed by atoms with Crippen LogP contribution in [-0.4, -0.2) is 52.1 Å². The van der Waals surface area contributed by atoms with Crippen LogP contribution in [0, 0.1) is 33.3 Å². The fourth-order valence-electron chi connectivity index (χ4n) is 3.98. The Kier molecular flexibility index (Phi) is 9.28. The van der Waals surface area contributed by atoms with Gasteiger partial charge in [-0.15, -0.1) is 21.5 Å². The third-order valence-corrected chi connectivity index (χ3v) is 7.29. The van der Waals surface area contributed by atoms with Gasteiger partial charge in [0.05, 0.1) is 33.6 Å². The summed E-state index contributed by atoms with van der Waals surface area (Å²) in [5.74, 6) is 5.74. The Balaban J connectivity index is 1.68. The predicted octanol–water partition coefficient (Wildman–Crippen LogP) is 4.89. The van der Waals surface area contributed by atoms with Crippen LogP contribution < -0.4 is 10.2 Å². The molecule has 0 bridgehead atoms. The number of ether oxygens (including phenoxy) is 1. The molecule has 14 heteroatoms. The lowest BCUT2D eigenvalue weighted by Crippen LogP contribution is -2.48. The Morgan fingerprint density at radius 1 is 1.28 bits per heavy atom. The number of amides is 1. The van der Waals surface area contributed by atoms with Gasteiger partial charge >= 0.3 is 0 Å². The van der Waals surface area contributed by atoms with Gasteiger partial charge in [-0.1, -0.05) is 35.0 Å². The smallest absolute Gasteiger partial charge is 0.294 e. The van der Waals surface area contributed by atoms with Crippen LogP contribution in [0.3, 0.4) is 0 Å². The molecule has 3 aromatic rings. The summed E-state index contributed by atoms with van der Waals surface area (Å²) in [6.45, 7) is 0.726. The largest absolute Gasteiger partial charge is 0.492 e. The van der Waals surface area contributed by atoms with E-state index in [9.17, 15) is 14.9 Å². The summed E-state index contributed by atoms with van der Waals surface area (Å²) in [5, 5.41) is 25.5. The Labute approximate surface area is 237 Å². The monoisotopic (exact) mass is 588 g/mol. The predicted molar refractivity (Wildman–Crippen MR) is 145 cm³/mol. The number of nitriles is 1. The number of piperidine rings is 1. The van der Waals surface area contributed by atoms with E-state index in [1.165, 1.54) is 23.1 Å². The molecule has 0 aliphatic carbocycles. The van der Waals surface area contributed by atoms with Crippen LogP contribution in [0.4, 0.5) is 0 Å². The molecule has 39 heavy (non-hydrogen) atoms. The zero-order valence-corrected chi connectivity index (χ0v) is 23.0. The van der Waals surface area contributed by atoms with Crippen molar-refractivity contribution in [3.8, 4) is 39.9 Å². The average molecular weight is 589 g/mol. The van der Waals surface area contributed by atoms with Crippen LogP contribution in [0.1, 0.15) is 41.0 Å². The molecule has 1 N–H and O–H groups in total. The number of hydrogen-bond acceptors (Lipinski definition) is 9. The van der Waals surface area contributed by atoms with Gasteiger partial charge in [0.15, 0.2) is 11.4 Å². The third-order valence-electron chi connectivity index (χ3n) is 5.75. The van der Waals surface area contributed by atoms with Gasteiger partial charge in [0.25, 0.3) is 11.0 Å². The molecule has 0 atom stereocenters. The number of methoxy groups -OCH3 is 1. The van der Waals surface area contributed by atoms with Gasteiger partial charge in [0.1, 0.15) is 11.8 Å². The summed E-state index contributed by atoms with van der Waals surface area (Å²) in [6.07, 6.45) is 1.05. The van der Waals surface area contributed by atoms with E-state index in [0.717, 1.165) is 9.75 Å². The lowest BCUT2D eigenvalue weighted by atomic mass is 10.1. The number of nitrogens with one attached hydrogen (secondary N) is 1. The minimum absolute atomic E-state index is 0.0252. The van der Waals surface area contributed by atoms with Gasteiger partial charge in [-0.3, -0.25) is 10.2 Å². The molecule has 3 heterocycles. The van der Waals surface area contributed by atoms with Crippen molar-refractivity contribution in [1.29, 1.82) is 5.26 Å². The topological polar surface area (TPSA) is 136 Å². The van der Waals surface area contributed by atoms with Gasteiger partial charge in [0, 0.05) is 31.0 Å². The number of carbonyl (C=O) groups is 1. The van der Waals surface area contributed by atoms with Crippen LogP contribution in [0.15, 0.2) is 30.3 Å². The number of hydrogen-bond donors (Lipinski definition) is 1. The lowest BCUT2D eigenvalue weighted by Gasteiger charge is -2.30.